The number of thioether (sulfide) groups is 1. The largest absolute Gasteiger partial charge is 0.329 e. The summed E-state index contributed by atoms with van der Waals surface area (Å²) in [6.07, 6.45) is 2.36. The van der Waals surface area contributed by atoms with Gasteiger partial charge in [0.1, 0.15) is 0 Å². The van der Waals surface area contributed by atoms with Crippen LogP contribution in [0.25, 0.3) is 0 Å². The molecule has 3 heteroatoms. The monoisotopic (exact) mass is 198 g/mol. The molecule has 1 aliphatic heterocycles. The van der Waals surface area contributed by atoms with Crippen LogP contribution in [0, 0.1) is 11.8 Å². The van der Waals surface area contributed by atoms with Crippen LogP contribution >= 0.6 is 11.8 Å². The fourth-order valence-corrected chi connectivity index (χ4v) is 2.81. The molecule has 0 saturated carbocycles. The zero-order valence-electron chi connectivity index (χ0n) is 8.23. The Bertz CT molecular complexity index is 199. The molecule has 1 aliphatic rings. The first-order chi connectivity index (χ1) is 6.33. The molecular formula is C10H18N2S. The van der Waals surface area contributed by atoms with Crippen LogP contribution in [-0.2, 0) is 0 Å². The first-order valence-electron chi connectivity index (χ1n) is 4.75. The van der Waals surface area contributed by atoms with Crippen LogP contribution in [0.2, 0.25) is 0 Å². The van der Waals surface area contributed by atoms with Crippen molar-refractivity contribution in [3.05, 3.63) is 0 Å². The molecule has 1 rings (SSSR count). The Kier molecular flexibility index (Phi) is 4.65. The molecule has 0 atom stereocenters. The molecule has 1 heterocycles. The highest BCUT2D eigenvalue weighted by atomic mass is 32.2. The van der Waals surface area contributed by atoms with Gasteiger partial charge < -0.3 is 5.73 Å². The van der Waals surface area contributed by atoms with Crippen molar-refractivity contribution in [3.8, 4) is 11.8 Å². The number of nitrogens with two attached hydrogens (primary N) is 1. The molecule has 0 radical (unpaired) electrons. The lowest BCUT2D eigenvalue weighted by Crippen LogP contribution is -2.53. The van der Waals surface area contributed by atoms with E-state index in [-0.39, 0.29) is 5.54 Å². The molecular weight excluding hydrogens is 180 g/mol. The number of hydrogen-bond acceptors (Lipinski definition) is 3. The van der Waals surface area contributed by atoms with Gasteiger partial charge in [-0.3, -0.25) is 5.32 Å². The third-order valence-corrected chi connectivity index (χ3v) is 3.55. The quantitative estimate of drug-likeness (QED) is 0.660. The van der Waals surface area contributed by atoms with E-state index in [2.05, 4.69) is 17.2 Å². The molecule has 1 fully saturated rings. The SMILES string of the molecule is CC#CCNC1(CN)CCSCC1. The Morgan fingerprint density at radius 1 is 1.46 bits per heavy atom. The zero-order valence-corrected chi connectivity index (χ0v) is 9.04. The maximum atomic E-state index is 5.80. The molecule has 0 aromatic carbocycles. The van der Waals surface area contributed by atoms with Gasteiger partial charge in [-0.05, 0) is 31.3 Å². The lowest BCUT2D eigenvalue weighted by molar-refractivity contribution is 0.323. The molecule has 2 nitrogen and oxygen atoms in total. The van der Waals surface area contributed by atoms with Gasteiger partial charge in [0.15, 0.2) is 0 Å². The summed E-state index contributed by atoms with van der Waals surface area (Å²) in [5.74, 6) is 8.37. The van der Waals surface area contributed by atoms with E-state index in [9.17, 15) is 0 Å². The molecule has 0 aromatic rings. The minimum atomic E-state index is 0.176. The summed E-state index contributed by atoms with van der Waals surface area (Å²) in [5, 5.41) is 3.47. The molecule has 0 unspecified atom stereocenters. The molecule has 0 aliphatic carbocycles. The second-order valence-corrected chi connectivity index (χ2v) is 4.60. The Hall–Kier alpha value is -0.170. The van der Waals surface area contributed by atoms with Crippen molar-refractivity contribution in [2.45, 2.75) is 25.3 Å². The third kappa shape index (κ3) is 3.22. The minimum Gasteiger partial charge on any atom is -0.329 e. The summed E-state index contributed by atoms with van der Waals surface area (Å²) in [6, 6.07) is 0. The lowest BCUT2D eigenvalue weighted by atomic mass is 9.92. The van der Waals surface area contributed by atoms with E-state index in [1.54, 1.807) is 0 Å². The normalized spacial score (nSPS) is 20.5. The van der Waals surface area contributed by atoms with Gasteiger partial charge in [0.2, 0.25) is 0 Å². The van der Waals surface area contributed by atoms with Gasteiger partial charge in [-0.2, -0.15) is 11.8 Å². The smallest absolute Gasteiger partial charge is 0.0581 e. The van der Waals surface area contributed by atoms with E-state index in [1.807, 2.05) is 18.7 Å². The van der Waals surface area contributed by atoms with Crippen molar-refractivity contribution in [2.75, 3.05) is 24.6 Å². The average molecular weight is 198 g/mol. The van der Waals surface area contributed by atoms with Gasteiger partial charge in [0, 0.05) is 12.1 Å². The van der Waals surface area contributed by atoms with Gasteiger partial charge in [-0.1, -0.05) is 5.92 Å². The summed E-state index contributed by atoms with van der Waals surface area (Å²) in [4.78, 5) is 0. The summed E-state index contributed by atoms with van der Waals surface area (Å²) in [6.45, 7) is 3.38. The van der Waals surface area contributed by atoms with Gasteiger partial charge in [-0.25, -0.2) is 0 Å². The molecule has 13 heavy (non-hydrogen) atoms. The first-order valence-corrected chi connectivity index (χ1v) is 5.91. The third-order valence-electron chi connectivity index (χ3n) is 2.57. The van der Waals surface area contributed by atoms with E-state index < -0.39 is 0 Å². The van der Waals surface area contributed by atoms with Gasteiger partial charge in [-0.15, -0.1) is 5.92 Å². The van der Waals surface area contributed by atoms with Crippen LogP contribution < -0.4 is 11.1 Å². The van der Waals surface area contributed by atoms with Crippen molar-refractivity contribution in [1.82, 2.24) is 5.32 Å². The summed E-state index contributed by atoms with van der Waals surface area (Å²) < 4.78 is 0. The van der Waals surface area contributed by atoms with E-state index >= 15 is 0 Å². The van der Waals surface area contributed by atoms with Crippen molar-refractivity contribution in [3.63, 3.8) is 0 Å². The van der Waals surface area contributed by atoms with Crippen LogP contribution in [0.3, 0.4) is 0 Å². The summed E-state index contributed by atoms with van der Waals surface area (Å²) >= 11 is 2.02. The van der Waals surface area contributed by atoms with E-state index in [0.29, 0.717) is 0 Å². The van der Waals surface area contributed by atoms with Crippen LogP contribution in [0.1, 0.15) is 19.8 Å². The minimum absolute atomic E-state index is 0.176. The molecule has 0 bridgehead atoms. The summed E-state index contributed by atoms with van der Waals surface area (Å²) in [7, 11) is 0. The highest BCUT2D eigenvalue weighted by Crippen LogP contribution is 2.25. The van der Waals surface area contributed by atoms with E-state index in [1.165, 1.54) is 24.3 Å². The van der Waals surface area contributed by atoms with Crippen molar-refractivity contribution < 1.29 is 0 Å². The molecule has 0 aromatic heterocycles. The lowest BCUT2D eigenvalue weighted by Gasteiger charge is -2.36. The Balaban J connectivity index is 2.41. The Labute approximate surface area is 85.0 Å². The number of rotatable bonds is 3. The summed E-state index contributed by atoms with van der Waals surface area (Å²) in [5.41, 5.74) is 5.98. The molecule has 74 valence electrons. The second kappa shape index (κ2) is 5.54. The topological polar surface area (TPSA) is 38.0 Å². The average Bonchev–Trinajstić information content (AvgIpc) is 2.20. The van der Waals surface area contributed by atoms with E-state index in [4.69, 9.17) is 5.73 Å². The highest BCUT2D eigenvalue weighted by Gasteiger charge is 2.29. The fraction of sp³-hybridized carbons (Fsp3) is 0.800. The van der Waals surface area contributed by atoms with Crippen LogP contribution in [0.5, 0.6) is 0 Å². The fourth-order valence-electron chi connectivity index (χ4n) is 1.54. The maximum absolute atomic E-state index is 5.80. The predicted octanol–water partition coefficient (Wildman–Crippen LogP) is 0.824. The Morgan fingerprint density at radius 2 is 2.15 bits per heavy atom. The van der Waals surface area contributed by atoms with Crippen molar-refractivity contribution in [2.24, 2.45) is 5.73 Å². The molecule has 0 amide bonds. The van der Waals surface area contributed by atoms with Gasteiger partial charge in [0.05, 0.1) is 6.54 Å². The van der Waals surface area contributed by atoms with Crippen molar-refractivity contribution >= 4 is 11.8 Å². The van der Waals surface area contributed by atoms with Crippen LogP contribution in [0.4, 0.5) is 0 Å². The predicted molar refractivity (Wildman–Crippen MR) is 59.8 cm³/mol. The van der Waals surface area contributed by atoms with Gasteiger partial charge in [0.25, 0.3) is 0 Å². The first kappa shape index (κ1) is 10.9. The maximum Gasteiger partial charge on any atom is 0.0581 e. The second-order valence-electron chi connectivity index (χ2n) is 3.38. The van der Waals surface area contributed by atoms with Gasteiger partial charge >= 0.3 is 0 Å². The molecule has 1 saturated heterocycles. The standard InChI is InChI=1S/C10H18N2S/c1-2-3-6-12-10(9-11)4-7-13-8-5-10/h12H,4-9,11H2,1H3. The number of hydrogen-bond donors (Lipinski definition) is 2. The molecule has 0 spiro atoms. The van der Waals surface area contributed by atoms with E-state index in [0.717, 1.165) is 13.1 Å². The number of nitrogens with one attached hydrogen (secondary N) is 1. The molecule has 3 N–H and O–H groups in total. The van der Waals surface area contributed by atoms with Crippen LogP contribution in [0.15, 0.2) is 0 Å². The van der Waals surface area contributed by atoms with Crippen molar-refractivity contribution in [1.29, 1.82) is 0 Å². The Morgan fingerprint density at radius 3 is 2.69 bits per heavy atom. The zero-order chi connectivity index (χ0) is 9.57. The highest BCUT2D eigenvalue weighted by molar-refractivity contribution is 7.99. The van der Waals surface area contributed by atoms with Crippen LogP contribution in [-0.4, -0.2) is 30.1 Å².